The van der Waals surface area contributed by atoms with Gasteiger partial charge in [-0.25, -0.2) is 0 Å². The van der Waals surface area contributed by atoms with Gasteiger partial charge in [0, 0.05) is 6.54 Å². The molecule has 24 heavy (non-hydrogen) atoms. The molecule has 1 amide bonds. The molecule has 0 fully saturated rings. The van der Waals surface area contributed by atoms with E-state index in [0.29, 0.717) is 18.9 Å². The lowest BCUT2D eigenvalue weighted by molar-refractivity contribution is -0.123. The van der Waals surface area contributed by atoms with E-state index in [0.717, 1.165) is 24.3 Å². The molecule has 2 rings (SSSR count). The molecule has 0 bridgehead atoms. The predicted molar refractivity (Wildman–Crippen MR) is 94.3 cm³/mol. The van der Waals surface area contributed by atoms with Crippen molar-refractivity contribution in [1.29, 1.82) is 0 Å². The van der Waals surface area contributed by atoms with Gasteiger partial charge in [0.1, 0.15) is 18.1 Å². The highest BCUT2D eigenvalue weighted by Gasteiger charge is 2.02. The number of nitrogens with one attached hydrogen (secondary N) is 2. The molecular weight excluding hydrogens is 304 g/mol. The number of hydrogen-bond donors (Lipinski definition) is 2. The first-order valence-corrected chi connectivity index (χ1v) is 8.09. The lowest BCUT2D eigenvalue weighted by atomic mass is 10.2. The summed E-state index contributed by atoms with van der Waals surface area (Å²) in [5, 5.41) is 5.84. The van der Waals surface area contributed by atoms with Gasteiger partial charge in [-0.2, -0.15) is 0 Å². The maximum absolute atomic E-state index is 11.6. The van der Waals surface area contributed by atoms with Crippen molar-refractivity contribution in [3.8, 4) is 11.5 Å². The summed E-state index contributed by atoms with van der Waals surface area (Å²) < 4.78 is 11.2. The number of carbonyl (C=O) groups is 1. The van der Waals surface area contributed by atoms with Crippen LogP contribution in [0.3, 0.4) is 0 Å². The Hall–Kier alpha value is -2.53. The van der Waals surface area contributed by atoms with Gasteiger partial charge in [-0.05, 0) is 49.8 Å². The zero-order chi connectivity index (χ0) is 17.0. The first-order valence-electron chi connectivity index (χ1n) is 8.09. The van der Waals surface area contributed by atoms with Gasteiger partial charge in [0.2, 0.25) is 0 Å². The van der Waals surface area contributed by atoms with Gasteiger partial charge < -0.3 is 20.1 Å². The fourth-order valence-corrected chi connectivity index (χ4v) is 2.07. The average Bonchev–Trinajstić information content (AvgIpc) is 2.63. The Morgan fingerprint density at radius 2 is 1.58 bits per heavy atom. The Morgan fingerprint density at radius 1 is 0.917 bits per heavy atom. The van der Waals surface area contributed by atoms with Gasteiger partial charge in [0.15, 0.2) is 6.61 Å². The quantitative estimate of drug-likeness (QED) is 0.658. The second kappa shape index (κ2) is 10.3. The second-order valence-electron chi connectivity index (χ2n) is 5.34. The van der Waals surface area contributed by atoms with Crippen LogP contribution in [0.15, 0.2) is 54.6 Å². The highest BCUT2D eigenvalue weighted by atomic mass is 16.5. The number of ether oxygens (including phenoxy) is 2. The molecule has 2 aromatic carbocycles. The molecule has 0 radical (unpaired) electrons. The summed E-state index contributed by atoms with van der Waals surface area (Å²) in [5.41, 5.74) is 1.12. The summed E-state index contributed by atoms with van der Waals surface area (Å²) >= 11 is 0. The third-order valence-electron chi connectivity index (χ3n) is 3.37. The predicted octanol–water partition coefficient (Wildman–Crippen LogP) is 2.37. The zero-order valence-corrected chi connectivity index (χ0v) is 14.0. The summed E-state index contributed by atoms with van der Waals surface area (Å²) in [6.45, 7) is 2.07. The largest absolute Gasteiger partial charge is 0.489 e. The molecule has 5 nitrogen and oxygen atoms in total. The van der Waals surface area contributed by atoms with Crippen LogP contribution in [0.4, 0.5) is 0 Å². The van der Waals surface area contributed by atoms with E-state index in [1.165, 1.54) is 0 Å². The van der Waals surface area contributed by atoms with Gasteiger partial charge in [-0.1, -0.05) is 30.3 Å². The van der Waals surface area contributed by atoms with E-state index in [4.69, 9.17) is 9.47 Å². The Kier molecular flexibility index (Phi) is 7.63. The zero-order valence-electron chi connectivity index (χ0n) is 14.0. The Labute approximate surface area is 143 Å². The van der Waals surface area contributed by atoms with Crippen LogP contribution in [-0.4, -0.2) is 32.7 Å². The number of amides is 1. The fraction of sp³-hybridized carbons (Fsp3) is 0.316. The summed E-state index contributed by atoms with van der Waals surface area (Å²) in [4.78, 5) is 11.6. The van der Waals surface area contributed by atoms with Crippen LogP contribution < -0.4 is 20.1 Å². The first-order chi connectivity index (χ1) is 11.8. The summed E-state index contributed by atoms with van der Waals surface area (Å²) in [7, 11) is 1.89. The minimum atomic E-state index is -0.115. The lowest BCUT2D eigenvalue weighted by Crippen LogP contribution is -2.30. The minimum Gasteiger partial charge on any atom is -0.489 e. The molecule has 0 atom stereocenters. The van der Waals surface area contributed by atoms with Crippen LogP contribution in [-0.2, 0) is 11.4 Å². The molecule has 0 aliphatic carbocycles. The van der Waals surface area contributed by atoms with Crippen molar-refractivity contribution >= 4 is 5.91 Å². The molecule has 0 aliphatic heterocycles. The summed E-state index contributed by atoms with van der Waals surface area (Å²) in [6, 6.07) is 17.3. The third kappa shape index (κ3) is 6.71. The van der Waals surface area contributed by atoms with Crippen LogP contribution in [0.25, 0.3) is 0 Å². The van der Waals surface area contributed by atoms with Crippen LogP contribution in [0.1, 0.15) is 12.0 Å². The number of rotatable bonds is 10. The molecule has 0 aliphatic rings. The molecule has 2 aromatic rings. The number of hydrogen-bond acceptors (Lipinski definition) is 4. The third-order valence-corrected chi connectivity index (χ3v) is 3.37. The minimum absolute atomic E-state index is 0.0176. The van der Waals surface area contributed by atoms with E-state index in [1.807, 2.05) is 49.5 Å². The van der Waals surface area contributed by atoms with Gasteiger partial charge in [0.05, 0.1) is 0 Å². The molecule has 0 saturated heterocycles. The van der Waals surface area contributed by atoms with Crippen molar-refractivity contribution in [2.75, 3.05) is 26.7 Å². The van der Waals surface area contributed by atoms with Gasteiger partial charge in [-0.15, -0.1) is 0 Å². The first kappa shape index (κ1) is 17.8. The second-order valence-corrected chi connectivity index (χ2v) is 5.34. The maximum atomic E-state index is 11.6. The topological polar surface area (TPSA) is 59.6 Å². The van der Waals surface area contributed by atoms with E-state index < -0.39 is 0 Å². The normalized spacial score (nSPS) is 10.2. The highest BCUT2D eigenvalue weighted by Crippen LogP contribution is 2.18. The van der Waals surface area contributed by atoms with Crippen LogP contribution in [0.2, 0.25) is 0 Å². The number of benzene rings is 2. The Bertz CT molecular complexity index is 600. The molecule has 0 aromatic heterocycles. The van der Waals surface area contributed by atoms with Gasteiger partial charge >= 0.3 is 0 Å². The standard InChI is InChI=1S/C19H24N2O3/c1-20-12-5-13-21-19(22)15-24-18-10-8-17(9-11-18)23-14-16-6-3-2-4-7-16/h2-4,6-11,20H,5,12-15H2,1H3,(H,21,22). The molecule has 0 saturated carbocycles. The molecule has 5 heteroatoms. The smallest absolute Gasteiger partial charge is 0.257 e. The van der Waals surface area contributed by atoms with E-state index >= 15 is 0 Å². The molecule has 0 heterocycles. The van der Waals surface area contributed by atoms with Crippen LogP contribution >= 0.6 is 0 Å². The van der Waals surface area contributed by atoms with Crippen molar-refractivity contribution in [2.45, 2.75) is 13.0 Å². The molecular formula is C19H24N2O3. The molecule has 0 unspecified atom stereocenters. The SMILES string of the molecule is CNCCCNC(=O)COc1ccc(OCc2ccccc2)cc1. The monoisotopic (exact) mass is 328 g/mol. The van der Waals surface area contributed by atoms with E-state index in [2.05, 4.69) is 10.6 Å². The van der Waals surface area contributed by atoms with Crippen LogP contribution in [0, 0.1) is 0 Å². The van der Waals surface area contributed by atoms with Crippen molar-refractivity contribution in [2.24, 2.45) is 0 Å². The Balaban J connectivity index is 1.69. The summed E-state index contributed by atoms with van der Waals surface area (Å²) in [5.74, 6) is 1.30. The maximum Gasteiger partial charge on any atom is 0.257 e. The average molecular weight is 328 g/mol. The van der Waals surface area contributed by atoms with Crippen molar-refractivity contribution < 1.29 is 14.3 Å². The summed E-state index contributed by atoms with van der Waals surface area (Å²) in [6.07, 6.45) is 0.899. The number of carbonyl (C=O) groups excluding carboxylic acids is 1. The van der Waals surface area contributed by atoms with Gasteiger partial charge in [-0.3, -0.25) is 4.79 Å². The molecule has 2 N–H and O–H groups in total. The van der Waals surface area contributed by atoms with Crippen molar-refractivity contribution in [3.63, 3.8) is 0 Å². The molecule has 128 valence electrons. The van der Waals surface area contributed by atoms with Crippen molar-refractivity contribution in [1.82, 2.24) is 10.6 Å². The van der Waals surface area contributed by atoms with Crippen LogP contribution in [0.5, 0.6) is 11.5 Å². The van der Waals surface area contributed by atoms with E-state index in [-0.39, 0.29) is 12.5 Å². The van der Waals surface area contributed by atoms with Crippen molar-refractivity contribution in [3.05, 3.63) is 60.2 Å². The highest BCUT2D eigenvalue weighted by molar-refractivity contribution is 5.77. The molecule has 0 spiro atoms. The lowest BCUT2D eigenvalue weighted by Gasteiger charge is -2.09. The van der Waals surface area contributed by atoms with E-state index in [9.17, 15) is 4.79 Å². The van der Waals surface area contributed by atoms with Gasteiger partial charge in [0.25, 0.3) is 5.91 Å². The fourth-order valence-electron chi connectivity index (χ4n) is 2.07. The Morgan fingerprint density at radius 3 is 2.25 bits per heavy atom. The van der Waals surface area contributed by atoms with E-state index in [1.54, 1.807) is 12.1 Å².